The highest BCUT2D eigenvalue weighted by Gasteiger charge is 2.12. The third-order valence-corrected chi connectivity index (χ3v) is 3.11. The molecule has 100 valence electrons. The highest BCUT2D eigenvalue weighted by Crippen LogP contribution is 2.18. The Morgan fingerprint density at radius 2 is 1.95 bits per heavy atom. The molecule has 0 unspecified atom stereocenters. The van der Waals surface area contributed by atoms with E-state index in [1.165, 1.54) is 34.9 Å². The van der Waals surface area contributed by atoms with Crippen LogP contribution in [0.4, 0.5) is 4.39 Å². The zero-order valence-corrected chi connectivity index (χ0v) is 10.7. The molecule has 1 heterocycles. The second kappa shape index (κ2) is 4.45. The first-order valence-corrected chi connectivity index (χ1v) is 6.05. The minimum atomic E-state index is -0.522. The van der Waals surface area contributed by atoms with Crippen molar-refractivity contribution in [2.24, 2.45) is 0 Å². The molecule has 0 radical (unpaired) electrons. The monoisotopic (exact) mass is 270 g/mol. The SMILES string of the molecule is Cc1nc2c(F)cccc2c(=O)n1-c1cccc(O)c1. The Morgan fingerprint density at radius 1 is 1.20 bits per heavy atom. The molecular formula is C15H11FN2O2. The van der Waals surface area contributed by atoms with E-state index >= 15 is 0 Å². The van der Waals surface area contributed by atoms with Gasteiger partial charge in [0, 0.05) is 6.07 Å². The Morgan fingerprint density at radius 3 is 2.70 bits per heavy atom. The summed E-state index contributed by atoms with van der Waals surface area (Å²) in [4.78, 5) is 16.6. The average molecular weight is 270 g/mol. The van der Waals surface area contributed by atoms with Crippen LogP contribution in [0.3, 0.4) is 0 Å². The van der Waals surface area contributed by atoms with Gasteiger partial charge in [-0.05, 0) is 31.2 Å². The lowest BCUT2D eigenvalue weighted by molar-refractivity contribution is 0.475. The van der Waals surface area contributed by atoms with Crippen LogP contribution in [0.15, 0.2) is 47.3 Å². The van der Waals surface area contributed by atoms with Crippen molar-refractivity contribution in [2.75, 3.05) is 0 Å². The molecule has 0 spiro atoms. The van der Waals surface area contributed by atoms with E-state index in [0.717, 1.165) is 0 Å². The minimum Gasteiger partial charge on any atom is -0.508 e. The second-order valence-corrected chi connectivity index (χ2v) is 4.46. The predicted molar refractivity (Wildman–Crippen MR) is 73.7 cm³/mol. The van der Waals surface area contributed by atoms with Crippen molar-refractivity contribution in [1.29, 1.82) is 0 Å². The van der Waals surface area contributed by atoms with Crippen molar-refractivity contribution in [3.05, 3.63) is 64.5 Å². The standard InChI is InChI=1S/C15H11FN2O2/c1-9-17-14-12(6-3-7-13(14)16)15(20)18(9)10-4-2-5-11(19)8-10/h2-8,19H,1H3. The molecule has 0 saturated heterocycles. The average Bonchev–Trinajstić information content (AvgIpc) is 2.40. The van der Waals surface area contributed by atoms with E-state index in [4.69, 9.17) is 0 Å². The number of para-hydroxylation sites is 1. The molecule has 2 aromatic carbocycles. The number of halogens is 1. The van der Waals surface area contributed by atoms with Gasteiger partial charge in [-0.1, -0.05) is 12.1 Å². The number of nitrogens with zero attached hydrogens (tertiary/aromatic N) is 2. The summed E-state index contributed by atoms with van der Waals surface area (Å²) < 4.78 is 15.0. The third kappa shape index (κ3) is 1.84. The van der Waals surface area contributed by atoms with Gasteiger partial charge in [-0.3, -0.25) is 9.36 Å². The van der Waals surface area contributed by atoms with Crippen molar-refractivity contribution >= 4 is 10.9 Å². The van der Waals surface area contributed by atoms with E-state index in [1.54, 1.807) is 19.1 Å². The number of fused-ring (bicyclic) bond motifs is 1. The van der Waals surface area contributed by atoms with E-state index in [-0.39, 0.29) is 22.2 Å². The maximum absolute atomic E-state index is 13.7. The van der Waals surface area contributed by atoms with Gasteiger partial charge in [-0.25, -0.2) is 9.37 Å². The molecule has 0 saturated carbocycles. The van der Waals surface area contributed by atoms with Crippen LogP contribution >= 0.6 is 0 Å². The maximum Gasteiger partial charge on any atom is 0.266 e. The van der Waals surface area contributed by atoms with Crippen LogP contribution in [0.25, 0.3) is 16.6 Å². The van der Waals surface area contributed by atoms with E-state index in [1.807, 2.05) is 0 Å². The summed E-state index contributed by atoms with van der Waals surface area (Å²) in [6.45, 7) is 1.62. The molecule has 1 N–H and O–H groups in total. The summed E-state index contributed by atoms with van der Waals surface area (Å²) in [5, 5.41) is 9.73. The van der Waals surface area contributed by atoms with Crippen LogP contribution in [-0.4, -0.2) is 14.7 Å². The largest absolute Gasteiger partial charge is 0.508 e. The molecule has 0 atom stereocenters. The molecule has 0 amide bonds. The maximum atomic E-state index is 13.7. The van der Waals surface area contributed by atoms with Gasteiger partial charge in [0.25, 0.3) is 5.56 Å². The molecule has 5 heteroatoms. The van der Waals surface area contributed by atoms with Crippen LogP contribution in [0, 0.1) is 12.7 Å². The summed E-state index contributed by atoms with van der Waals surface area (Å²) in [6, 6.07) is 10.6. The van der Waals surface area contributed by atoms with Crippen LogP contribution in [0.2, 0.25) is 0 Å². The van der Waals surface area contributed by atoms with Gasteiger partial charge in [-0.2, -0.15) is 0 Å². The Balaban J connectivity index is 2.41. The Hall–Kier alpha value is -2.69. The molecule has 3 aromatic rings. The normalized spacial score (nSPS) is 10.9. The van der Waals surface area contributed by atoms with E-state index < -0.39 is 5.82 Å². The van der Waals surface area contributed by atoms with Gasteiger partial charge < -0.3 is 5.11 Å². The lowest BCUT2D eigenvalue weighted by atomic mass is 10.2. The van der Waals surface area contributed by atoms with Gasteiger partial charge in [-0.15, -0.1) is 0 Å². The Kier molecular flexibility index (Phi) is 2.75. The number of phenolic OH excluding ortho intramolecular Hbond substituents is 1. The summed E-state index contributed by atoms with van der Waals surface area (Å²) in [5.41, 5.74) is 0.190. The zero-order chi connectivity index (χ0) is 14.3. The molecule has 4 nitrogen and oxygen atoms in total. The quantitative estimate of drug-likeness (QED) is 0.739. The van der Waals surface area contributed by atoms with Crippen molar-refractivity contribution in [3.8, 4) is 11.4 Å². The molecule has 0 aliphatic heterocycles. The van der Waals surface area contributed by atoms with E-state index in [0.29, 0.717) is 11.5 Å². The van der Waals surface area contributed by atoms with Crippen molar-refractivity contribution in [2.45, 2.75) is 6.92 Å². The minimum absolute atomic E-state index is 0.0492. The fraction of sp³-hybridized carbons (Fsp3) is 0.0667. The van der Waals surface area contributed by atoms with Gasteiger partial charge in [0.05, 0.1) is 11.1 Å². The molecular weight excluding hydrogens is 259 g/mol. The first kappa shape index (κ1) is 12.3. The topological polar surface area (TPSA) is 55.1 Å². The first-order valence-electron chi connectivity index (χ1n) is 6.05. The highest BCUT2D eigenvalue weighted by molar-refractivity contribution is 5.78. The summed E-state index contributed by atoms with van der Waals surface area (Å²) in [6.07, 6.45) is 0. The smallest absolute Gasteiger partial charge is 0.266 e. The van der Waals surface area contributed by atoms with E-state index in [2.05, 4.69) is 4.98 Å². The number of rotatable bonds is 1. The summed E-state index contributed by atoms with van der Waals surface area (Å²) in [5.74, 6) is -0.114. The van der Waals surface area contributed by atoms with Crippen LogP contribution < -0.4 is 5.56 Å². The molecule has 0 fully saturated rings. The molecule has 3 rings (SSSR count). The van der Waals surface area contributed by atoms with Gasteiger partial charge in [0.15, 0.2) is 0 Å². The van der Waals surface area contributed by atoms with Gasteiger partial charge >= 0.3 is 0 Å². The number of aromatic nitrogens is 2. The lowest BCUT2D eigenvalue weighted by Gasteiger charge is -2.11. The molecule has 0 bridgehead atoms. The second-order valence-electron chi connectivity index (χ2n) is 4.46. The number of phenols is 1. The number of aromatic hydroxyl groups is 1. The molecule has 0 aliphatic carbocycles. The van der Waals surface area contributed by atoms with Crippen molar-refractivity contribution in [3.63, 3.8) is 0 Å². The molecule has 20 heavy (non-hydrogen) atoms. The Bertz CT molecular complexity index is 871. The van der Waals surface area contributed by atoms with Gasteiger partial charge in [0.2, 0.25) is 0 Å². The number of hydrogen-bond acceptors (Lipinski definition) is 3. The number of hydrogen-bond donors (Lipinski definition) is 1. The van der Waals surface area contributed by atoms with Crippen LogP contribution in [0.1, 0.15) is 5.82 Å². The van der Waals surface area contributed by atoms with Crippen LogP contribution in [-0.2, 0) is 0 Å². The van der Waals surface area contributed by atoms with Gasteiger partial charge in [0.1, 0.15) is 22.9 Å². The van der Waals surface area contributed by atoms with Crippen molar-refractivity contribution < 1.29 is 9.50 Å². The fourth-order valence-electron chi connectivity index (χ4n) is 2.22. The fourth-order valence-corrected chi connectivity index (χ4v) is 2.22. The number of benzene rings is 2. The third-order valence-electron chi connectivity index (χ3n) is 3.11. The Labute approximate surface area is 113 Å². The molecule has 1 aromatic heterocycles. The predicted octanol–water partition coefficient (Wildman–Crippen LogP) is 2.54. The van der Waals surface area contributed by atoms with Crippen LogP contribution in [0.5, 0.6) is 5.75 Å². The zero-order valence-electron chi connectivity index (χ0n) is 10.7. The number of aryl methyl sites for hydroxylation is 1. The van der Waals surface area contributed by atoms with E-state index in [9.17, 15) is 14.3 Å². The first-order chi connectivity index (χ1) is 9.58. The molecule has 0 aliphatic rings. The summed E-state index contributed by atoms with van der Waals surface area (Å²) >= 11 is 0. The lowest BCUT2D eigenvalue weighted by Crippen LogP contribution is -2.22. The highest BCUT2D eigenvalue weighted by atomic mass is 19.1. The van der Waals surface area contributed by atoms with Crippen molar-refractivity contribution in [1.82, 2.24) is 9.55 Å². The summed E-state index contributed by atoms with van der Waals surface area (Å²) in [7, 11) is 0.